The van der Waals surface area contributed by atoms with E-state index in [4.69, 9.17) is 0 Å². The van der Waals surface area contributed by atoms with Crippen LogP contribution in [0.1, 0.15) is 30.9 Å². The van der Waals surface area contributed by atoms with E-state index in [0.29, 0.717) is 5.91 Å². The quantitative estimate of drug-likeness (QED) is 0.792. The highest BCUT2D eigenvalue weighted by Crippen LogP contribution is 2.44. The van der Waals surface area contributed by atoms with Gasteiger partial charge in [0.1, 0.15) is 0 Å². The molecule has 1 amide bonds. The van der Waals surface area contributed by atoms with Crippen LogP contribution in [-0.2, 0) is 17.8 Å². The van der Waals surface area contributed by atoms with Gasteiger partial charge >= 0.3 is 0 Å². The summed E-state index contributed by atoms with van der Waals surface area (Å²) in [5.74, 6) is 0.325. The van der Waals surface area contributed by atoms with Crippen molar-refractivity contribution in [1.29, 1.82) is 0 Å². The summed E-state index contributed by atoms with van der Waals surface area (Å²) in [4.78, 5) is 17.2. The topological polar surface area (TPSA) is 23.6 Å². The maximum absolute atomic E-state index is 12.8. The van der Waals surface area contributed by atoms with Gasteiger partial charge in [-0.05, 0) is 55.6 Å². The molecule has 0 aromatic heterocycles. The second-order valence-electron chi connectivity index (χ2n) is 7.45. The summed E-state index contributed by atoms with van der Waals surface area (Å²) in [6.45, 7) is 6.10. The van der Waals surface area contributed by atoms with Crippen molar-refractivity contribution in [1.82, 2.24) is 4.90 Å². The zero-order valence-electron chi connectivity index (χ0n) is 14.9. The van der Waals surface area contributed by atoms with Crippen LogP contribution in [0.15, 0.2) is 54.6 Å². The minimum Gasteiger partial charge on any atom is -0.311 e. The third kappa shape index (κ3) is 3.09. The smallest absolute Gasteiger partial charge is 0.235 e. The van der Waals surface area contributed by atoms with Crippen LogP contribution in [-0.4, -0.2) is 30.4 Å². The number of para-hydroxylation sites is 1. The fraction of sp³-hybridized carbons (Fsp3) is 0.409. The number of hydrogen-bond donors (Lipinski definition) is 0. The van der Waals surface area contributed by atoms with Gasteiger partial charge < -0.3 is 4.90 Å². The predicted molar refractivity (Wildman–Crippen MR) is 102 cm³/mol. The van der Waals surface area contributed by atoms with E-state index in [2.05, 4.69) is 36.1 Å². The average Bonchev–Trinajstić information content (AvgIpc) is 2.68. The maximum Gasteiger partial charge on any atom is 0.235 e. The van der Waals surface area contributed by atoms with Gasteiger partial charge in [0.15, 0.2) is 0 Å². The van der Waals surface area contributed by atoms with Crippen LogP contribution in [0.2, 0.25) is 0 Å². The Kier molecular flexibility index (Phi) is 4.34. The fourth-order valence-corrected chi connectivity index (χ4v) is 4.10. The van der Waals surface area contributed by atoms with E-state index in [1.807, 2.05) is 35.2 Å². The highest BCUT2D eigenvalue weighted by Gasteiger charge is 2.53. The first kappa shape index (κ1) is 16.3. The van der Waals surface area contributed by atoms with Crippen LogP contribution >= 0.6 is 0 Å². The molecule has 2 fully saturated rings. The molecule has 0 radical (unpaired) electrons. The van der Waals surface area contributed by atoms with Gasteiger partial charge in [-0.1, -0.05) is 49.4 Å². The van der Waals surface area contributed by atoms with Crippen LogP contribution in [0.3, 0.4) is 0 Å². The van der Waals surface area contributed by atoms with E-state index >= 15 is 0 Å². The summed E-state index contributed by atoms with van der Waals surface area (Å²) in [5, 5.41) is 0. The third-order valence-corrected chi connectivity index (χ3v) is 5.88. The van der Waals surface area contributed by atoms with Gasteiger partial charge in [0, 0.05) is 18.8 Å². The molecule has 3 nitrogen and oxygen atoms in total. The van der Waals surface area contributed by atoms with Crippen molar-refractivity contribution in [3.63, 3.8) is 0 Å². The fourth-order valence-electron chi connectivity index (χ4n) is 4.10. The molecule has 130 valence electrons. The number of aryl methyl sites for hydroxylation is 1. The number of carbonyl (C=O) groups is 1. The van der Waals surface area contributed by atoms with Crippen molar-refractivity contribution in [2.45, 2.75) is 32.7 Å². The lowest BCUT2D eigenvalue weighted by Crippen LogP contribution is -2.64. The Bertz CT molecular complexity index is 730. The first-order valence-corrected chi connectivity index (χ1v) is 9.37. The van der Waals surface area contributed by atoms with E-state index in [1.54, 1.807) is 0 Å². The average molecular weight is 334 g/mol. The molecule has 3 heteroatoms. The molecule has 0 saturated carbocycles. The molecule has 0 N–H and O–H groups in total. The lowest BCUT2D eigenvalue weighted by molar-refractivity contribution is -0.138. The Morgan fingerprint density at radius 3 is 2.16 bits per heavy atom. The largest absolute Gasteiger partial charge is 0.311 e. The summed E-state index contributed by atoms with van der Waals surface area (Å²) in [5.41, 5.74) is 3.70. The van der Waals surface area contributed by atoms with Crippen molar-refractivity contribution >= 4 is 11.6 Å². The number of piperidine rings is 1. The molecule has 1 spiro atoms. The molecular weight excluding hydrogens is 308 g/mol. The normalized spacial score (nSPS) is 19.9. The van der Waals surface area contributed by atoms with Crippen molar-refractivity contribution in [3.8, 4) is 0 Å². The van der Waals surface area contributed by atoms with Crippen molar-refractivity contribution in [3.05, 3.63) is 65.7 Å². The Balaban J connectivity index is 1.33. The SMILES string of the molecule is CCc1ccc(CN2CCC3(CC2)CN(c2ccccc2)C3=O)cc1. The number of amides is 1. The minimum absolute atomic E-state index is 0.0988. The standard InChI is InChI=1S/C22H26N2O/c1-2-18-8-10-19(11-9-18)16-23-14-12-22(13-15-23)17-24(21(22)25)20-6-4-3-5-7-20/h3-11H,2,12-17H2,1H3. The Morgan fingerprint density at radius 1 is 0.920 bits per heavy atom. The summed E-state index contributed by atoms with van der Waals surface area (Å²) in [6, 6.07) is 19.0. The number of benzene rings is 2. The van der Waals surface area contributed by atoms with Gasteiger partial charge in [-0.2, -0.15) is 0 Å². The number of nitrogens with zero attached hydrogens (tertiary/aromatic N) is 2. The number of likely N-dealkylation sites (tertiary alicyclic amines) is 1. The predicted octanol–water partition coefficient (Wildman–Crippen LogP) is 3.88. The van der Waals surface area contributed by atoms with Crippen molar-refractivity contribution in [2.24, 2.45) is 5.41 Å². The molecular formula is C22H26N2O. The maximum atomic E-state index is 12.8. The van der Waals surface area contributed by atoms with Gasteiger partial charge in [-0.15, -0.1) is 0 Å². The monoisotopic (exact) mass is 334 g/mol. The van der Waals surface area contributed by atoms with Crippen LogP contribution < -0.4 is 4.90 Å². The lowest BCUT2D eigenvalue weighted by atomic mass is 9.70. The van der Waals surface area contributed by atoms with Crippen LogP contribution in [0.5, 0.6) is 0 Å². The van der Waals surface area contributed by atoms with Gasteiger partial charge in [0.05, 0.1) is 5.41 Å². The second kappa shape index (κ2) is 6.64. The van der Waals surface area contributed by atoms with E-state index in [1.165, 1.54) is 11.1 Å². The number of carbonyl (C=O) groups excluding carboxylic acids is 1. The Hall–Kier alpha value is -2.13. The molecule has 0 atom stereocenters. The molecule has 0 unspecified atom stereocenters. The molecule has 2 saturated heterocycles. The number of β-lactam (4-membered cyclic amide) rings is 1. The summed E-state index contributed by atoms with van der Waals surface area (Å²) in [6.07, 6.45) is 3.07. The van der Waals surface area contributed by atoms with Crippen LogP contribution in [0.4, 0.5) is 5.69 Å². The highest BCUT2D eigenvalue weighted by molar-refractivity contribution is 6.04. The summed E-state index contributed by atoms with van der Waals surface area (Å²) in [7, 11) is 0. The third-order valence-electron chi connectivity index (χ3n) is 5.88. The molecule has 2 heterocycles. The summed E-state index contributed by atoms with van der Waals surface area (Å²) < 4.78 is 0. The van der Waals surface area contributed by atoms with Crippen LogP contribution in [0, 0.1) is 5.41 Å². The van der Waals surface area contributed by atoms with Gasteiger partial charge in [-0.25, -0.2) is 0 Å². The first-order chi connectivity index (χ1) is 12.2. The zero-order valence-corrected chi connectivity index (χ0v) is 14.9. The lowest BCUT2D eigenvalue weighted by Gasteiger charge is -2.52. The molecule has 2 aliphatic heterocycles. The minimum atomic E-state index is -0.0988. The molecule has 25 heavy (non-hydrogen) atoms. The van der Waals surface area contributed by atoms with E-state index in [-0.39, 0.29) is 5.41 Å². The molecule has 0 bridgehead atoms. The first-order valence-electron chi connectivity index (χ1n) is 9.37. The zero-order chi connectivity index (χ0) is 17.3. The van der Waals surface area contributed by atoms with Crippen molar-refractivity contribution in [2.75, 3.05) is 24.5 Å². The Morgan fingerprint density at radius 2 is 1.56 bits per heavy atom. The van der Waals surface area contributed by atoms with Crippen molar-refractivity contribution < 1.29 is 4.79 Å². The summed E-state index contributed by atoms with van der Waals surface area (Å²) >= 11 is 0. The molecule has 4 rings (SSSR count). The number of anilines is 1. The highest BCUT2D eigenvalue weighted by atomic mass is 16.2. The Labute approximate surface area is 150 Å². The van der Waals surface area contributed by atoms with Gasteiger partial charge in [-0.3, -0.25) is 9.69 Å². The van der Waals surface area contributed by atoms with E-state index < -0.39 is 0 Å². The van der Waals surface area contributed by atoms with Gasteiger partial charge in [0.25, 0.3) is 0 Å². The molecule has 2 aliphatic rings. The number of rotatable bonds is 4. The van der Waals surface area contributed by atoms with E-state index in [9.17, 15) is 4.79 Å². The molecule has 2 aromatic rings. The van der Waals surface area contributed by atoms with E-state index in [0.717, 1.165) is 51.1 Å². The number of hydrogen-bond acceptors (Lipinski definition) is 2. The molecule has 2 aromatic carbocycles. The van der Waals surface area contributed by atoms with Crippen LogP contribution in [0.25, 0.3) is 0 Å². The van der Waals surface area contributed by atoms with Gasteiger partial charge in [0.2, 0.25) is 5.91 Å². The molecule has 0 aliphatic carbocycles. The second-order valence-corrected chi connectivity index (χ2v) is 7.45.